The lowest BCUT2D eigenvalue weighted by molar-refractivity contribution is -0.125. The minimum atomic E-state index is -3.13. The first-order valence-electron chi connectivity index (χ1n) is 8.51. The van der Waals surface area contributed by atoms with Crippen molar-refractivity contribution in [2.45, 2.75) is 25.8 Å². The maximum atomic E-state index is 12.4. The number of carbonyl (C=O) groups excluding carboxylic acids is 2. The molecule has 2 heterocycles. The third-order valence-electron chi connectivity index (χ3n) is 4.49. The molecule has 1 aromatic heterocycles. The Morgan fingerprint density at radius 3 is 2.56 bits per heavy atom. The Morgan fingerprint density at radius 2 is 1.93 bits per heavy atom. The zero-order valence-corrected chi connectivity index (χ0v) is 16.8. The Labute approximate surface area is 162 Å². The largest absolute Gasteiger partial charge is 0.451 e. The van der Waals surface area contributed by atoms with E-state index in [0.717, 1.165) is 16.7 Å². The van der Waals surface area contributed by atoms with Gasteiger partial charge in [0.05, 0.1) is 17.0 Å². The number of sulfone groups is 1. The topological polar surface area (TPSA) is 89.5 Å². The molecule has 8 heteroatoms. The van der Waals surface area contributed by atoms with E-state index in [-0.39, 0.29) is 11.5 Å². The average Bonchev–Trinajstić information content (AvgIpc) is 3.18. The number of carbonyl (C=O) groups is 2. The van der Waals surface area contributed by atoms with Crippen molar-refractivity contribution in [1.29, 1.82) is 0 Å². The second-order valence-electron chi connectivity index (χ2n) is 7.06. The second kappa shape index (κ2) is 7.44. The molecule has 1 aromatic carbocycles. The van der Waals surface area contributed by atoms with Gasteiger partial charge in [0.2, 0.25) is 0 Å². The van der Waals surface area contributed by atoms with Crippen LogP contribution in [0.5, 0.6) is 0 Å². The Balaban J connectivity index is 1.61. The number of rotatable bonds is 5. The van der Waals surface area contributed by atoms with Gasteiger partial charge in [-0.3, -0.25) is 4.79 Å². The summed E-state index contributed by atoms with van der Waals surface area (Å²) in [6, 6.07) is 9.64. The number of thiophene rings is 1. The zero-order valence-electron chi connectivity index (χ0n) is 15.2. The highest BCUT2D eigenvalue weighted by atomic mass is 32.2. The van der Waals surface area contributed by atoms with E-state index in [4.69, 9.17) is 4.74 Å². The molecule has 0 aliphatic carbocycles. The summed E-state index contributed by atoms with van der Waals surface area (Å²) < 4.78 is 28.4. The molecule has 6 nitrogen and oxygen atoms in total. The van der Waals surface area contributed by atoms with Crippen LogP contribution in [0.4, 0.5) is 0 Å². The molecule has 1 saturated heterocycles. The third kappa shape index (κ3) is 4.75. The van der Waals surface area contributed by atoms with Crippen molar-refractivity contribution in [1.82, 2.24) is 5.32 Å². The number of esters is 1. The fraction of sp³-hybridized carbons (Fsp3) is 0.368. The first kappa shape index (κ1) is 19.6. The highest BCUT2D eigenvalue weighted by molar-refractivity contribution is 7.91. The van der Waals surface area contributed by atoms with Crippen LogP contribution in [-0.2, 0) is 19.4 Å². The van der Waals surface area contributed by atoms with Crippen molar-refractivity contribution in [2.75, 3.05) is 18.1 Å². The first-order valence-corrected chi connectivity index (χ1v) is 11.2. The Hall–Kier alpha value is -2.19. The molecule has 0 radical (unpaired) electrons. The number of nitrogens with one attached hydrogen (secondary N) is 1. The molecule has 1 N–H and O–H groups in total. The summed E-state index contributed by atoms with van der Waals surface area (Å²) in [6.07, 6.45) is 0.359. The minimum Gasteiger partial charge on any atom is -0.451 e. The Kier molecular flexibility index (Phi) is 5.39. The van der Waals surface area contributed by atoms with Crippen LogP contribution >= 0.6 is 11.3 Å². The van der Waals surface area contributed by atoms with Crippen molar-refractivity contribution in [3.63, 3.8) is 0 Å². The van der Waals surface area contributed by atoms with E-state index in [1.807, 2.05) is 37.3 Å². The SMILES string of the molecule is Cc1ccc(-c2ccsc2C(=O)OCC(=O)N[C@]2(C)CCS(=O)(=O)C2)cc1. The van der Waals surface area contributed by atoms with Gasteiger partial charge >= 0.3 is 5.97 Å². The molecule has 0 saturated carbocycles. The van der Waals surface area contributed by atoms with Crippen LogP contribution in [0.25, 0.3) is 11.1 Å². The number of amides is 1. The predicted molar refractivity (Wildman–Crippen MR) is 105 cm³/mol. The van der Waals surface area contributed by atoms with E-state index in [0.29, 0.717) is 11.3 Å². The highest BCUT2D eigenvalue weighted by Gasteiger charge is 2.39. The van der Waals surface area contributed by atoms with Crippen molar-refractivity contribution in [2.24, 2.45) is 0 Å². The molecule has 0 spiro atoms. The van der Waals surface area contributed by atoms with Gasteiger partial charge in [-0.25, -0.2) is 13.2 Å². The molecule has 2 aromatic rings. The molecule has 1 aliphatic rings. The molecule has 1 atom stereocenters. The molecule has 0 bridgehead atoms. The predicted octanol–water partition coefficient (Wildman–Crippen LogP) is 2.57. The smallest absolute Gasteiger partial charge is 0.349 e. The van der Waals surface area contributed by atoms with Gasteiger partial charge in [0.1, 0.15) is 4.88 Å². The van der Waals surface area contributed by atoms with Crippen LogP contribution in [0.3, 0.4) is 0 Å². The number of benzene rings is 1. The molecule has 1 aliphatic heterocycles. The van der Waals surface area contributed by atoms with Gasteiger partial charge in [-0.05, 0) is 37.3 Å². The zero-order chi connectivity index (χ0) is 19.7. The van der Waals surface area contributed by atoms with Gasteiger partial charge in [-0.15, -0.1) is 11.3 Å². The first-order chi connectivity index (χ1) is 12.7. The van der Waals surface area contributed by atoms with Gasteiger partial charge in [-0.2, -0.15) is 0 Å². The van der Waals surface area contributed by atoms with Crippen molar-refractivity contribution < 1.29 is 22.7 Å². The van der Waals surface area contributed by atoms with E-state index < -0.39 is 33.9 Å². The lowest BCUT2D eigenvalue weighted by atomic mass is 10.0. The summed E-state index contributed by atoms with van der Waals surface area (Å²) in [5.74, 6) is -1.11. The Morgan fingerprint density at radius 1 is 1.22 bits per heavy atom. The van der Waals surface area contributed by atoms with E-state index in [1.165, 1.54) is 11.3 Å². The van der Waals surface area contributed by atoms with Crippen LogP contribution in [0.15, 0.2) is 35.7 Å². The van der Waals surface area contributed by atoms with E-state index in [9.17, 15) is 18.0 Å². The van der Waals surface area contributed by atoms with Crippen molar-refractivity contribution in [3.05, 3.63) is 46.2 Å². The quantitative estimate of drug-likeness (QED) is 0.770. The fourth-order valence-corrected chi connectivity index (χ4v) is 6.01. The lowest BCUT2D eigenvalue weighted by Gasteiger charge is -2.23. The van der Waals surface area contributed by atoms with Crippen molar-refractivity contribution >= 4 is 33.1 Å². The summed E-state index contributed by atoms with van der Waals surface area (Å²) >= 11 is 1.25. The average molecular weight is 408 g/mol. The number of hydrogen-bond acceptors (Lipinski definition) is 6. The minimum absolute atomic E-state index is 0.0542. The molecule has 0 unspecified atom stereocenters. The number of aryl methyl sites for hydroxylation is 1. The molecule has 1 fully saturated rings. The van der Waals surface area contributed by atoms with Gasteiger partial charge in [-0.1, -0.05) is 29.8 Å². The molecule has 144 valence electrons. The van der Waals surface area contributed by atoms with Crippen LogP contribution in [0.2, 0.25) is 0 Å². The summed E-state index contributed by atoms with van der Waals surface area (Å²) in [7, 11) is -3.13. The molecule has 1 amide bonds. The maximum absolute atomic E-state index is 12.4. The van der Waals surface area contributed by atoms with Crippen LogP contribution in [-0.4, -0.2) is 43.9 Å². The standard InChI is InChI=1S/C19H21NO5S2/c1-13-3-5-14(6-4-13)15-7-9-26-17(15)18(22)25-11-16(21)20-19(2)8-10-27(23,24)12-19/h3-7,9H,8,10-12H2,1-2H3,(H,20,21)/t19-/m1/s1. The summed E-state index contributed by atoms with van der Waals surface area (Å²) in [6.45, 7) is 3.23. The van der Waals surface area contributed by atoms with Gasteiger partial charge < -0.3 is 10.1 Å². The lowest BCUT2D eigenvalue weighted by Crippen LogP contribution is -2.48. The molecule has 27 heavy (non-hydrogen) atoms. The maximum Gasteiger partial charge on any atom is 0.349 e. The van der Waals surface area contributed by atoms with Gasteiger partial charge in [0.25, 0.3) is 5.91 Å². The highest BCUT2D eigenvalue weighted by Crippen LogP contribution is 2.29. The summed E-state index contributed by atoms with van der Waals surface area (Å²) in [5.41, 5.74) is 1.98. The van der Waals surface area contributed by atoms with Crippen LogP contribution < -0.4 is 5.32 Å². The van der Waals surface area contributed by atoms with E-state index in [2.05, 4.69) is 5.32 Å². The summed E-state index contributed by atoms with van der Waals surface area (Å²) in [4.78, 5) is 24.9. The number of hydrogen-bond donors (Lipinski definition) is 1. The number of ether oxygens (including phenoxy) is 1. The third-order valence-corrected chi connectivity index (χ3v) is 7.29. The summed E-state index contributed by atoms with van der Waals surface area (Å²) in [5, 5.41) is 4.47. The van der Waals surface area contributed by atoms with Crippen LogP contribution in [0, 0.1) is 6.92 Å². The van der Waals surface area contributed by atoms with Crippen LogP contribution in [0.1, 0.15) is 28.6 Å². The Bertz CT molecular complexity index is 962. The van der Waals surface area contributed by atoms with E-state index in [1.54, 1.807) is 12.3 Å². The van der Waals surface area contributed by atoms with Crippen molar-refractivity contribution in [3.8, 4) is 11.1 Å². The second-order valence-corrected chi connectivity index (χ2v) is 10.2. The molecular formula is C19H21NO5S2. The molecular weight excluding hydrogens is 386 g/mol. The monoisotopic (exact) mass is 407 g/mol. The fourth-order valence-electron chi connectivity index (χ4n) is 3.11. The normalized spacial score (nSPS) is 21.0. The van der Waals surface area contributed by atoms with Gasteiger partial charge in [0.15, 0.2) is 16.4 Å². The molecule has 3 rings (SSSR count). The van der Waals surface area contributed by atoms with E-state index >= 15 is 0 Å². The van der Waals surface area contributed by atoms with Gasteiger partial charge in [0, 0.05) is 5.56 Å².